The summed E-state index contributed by atoms with van der Waals surface area (Å²) in [6.07, 6.45) is 2.33. The van der Waals surface area contributed by atoms with Gasteiger partial charge in [-0.2, -0.15) is 4.98 Å². The molecule has 0 saturated carbocycles. The lowest BCUT2D eigenvalue weighted by atomic mass is 10.1. The maximum atomic E-state index is 13.2. The molecule has 9 nitrogen and oxygen atoms in total. The number of hydrogen-bond acceptors (Lipinski definition) is 7. The Morgan fingerprint density at radius 2 is 1.48 bits per heavy atom. The molecule has 2 saturated heterocycles. The third kappa shape index (κ3) is 3.81. The maximum absolute atomic E-state index is 13.2. The Hall–Kier alpha value is -3.49. The molecule has 3 amide bonds. The summed E-state index contributed by atoms with van der Waals surface area (Å²) in [6, 6.07) is 7.86. The lowest BCUT2D eigenvalue weighted by molar-refractivity contribution is -0.135. The van der Waals surface area contributed by atoms with Crippen LogP contribution in [0.4, 0.5) is 11.8 Å². The maximum Gasteiger partial charge on any atom is 0.262 e. The number of imide groups is 1. The first-order chi connectivity index (χ1) is 15.9. The van der Waals surface area contributed by atoms with Crippen molar-refractivity contribution in [3.05, 3.63) is 47.2 Å². The molecule has 0 spiro atoms. The second-order valence-corrected chi connectivity index (χ2v) is 8.88. The highest BCUT2D eigenvalue weighted by atomic mass is 16.2. The lowest BCUT2D eigenvalue weighted by Gasteiger charge is -2.37. The first kappa shape index (κ1) is 21.4. The third-order valence-corrected chi connectivity index (χ3v) is 6.70. The number of carbonyl (C=O) groups excluding carboxylic acids is 3. The van der Waals surface area contributed by atoms with Crippen LogP contribution < -0.4 is 9.80 Å². The summed E-state index contributed by atoms with van der Waals surface area (Å²) in [5.41, 5.74) is 1.65. The van der Waals surface area contributed by atoms with E-state index in [1.54, 1.807) is 36.1 Å². The summed E-state index contributed by atoms with van der Waals surface area (Å²) in [4.78, 5) is 55.3. The molecule has 2 fully saturated rings. The van der Waals surface area contributed by atoms with Gasteiger partial charge in [0, 0.05) is 51.0 Å². The number of aryl methyl sites for hydroxylation is 1. The highest BCUT2D eigenvalue weighted by Gasteiger charge is 2.42. The Bertz CT molecular complexity index is 1070. The van der Waals surface area contributed by atoms with Crippen molar-refractivity contribution in [3.8, 4) is 0 Å². The normalized spacial score (nSPS) is 19.3. The number of carbonyl (C=O) groups is 3. The second-order valence-electron chi connectivity index (χ2n) is 8.88. The van der Waals surface area contributed by atoms with Gasteiger partial charge in [0.15, 0.2) is 0 Å². The number of piperazine rings is 1. The average molecular weight is 449 g/mol. The first-order valence-corrected chi connectivity index (χ1v) is 11.6. The van der Waals surface area contributed by atoms with Gasteiger partial charge in [0.25, 0.3) is 11.8 Å². The number of amides is 3. The predicted octanol–water partition coefficient (Wildman–Crippen LogP) is 1.72. The van der Waals surface area contributed by atoms with E-state index in [4.69, 9.17) is 4.98 Å². The number of nitrogens with zero attached hydrogens (tertiary/aromatic N) is 6. The molecule has 172 valence electrons. The van der Waals surface area contributed by atoms with Gasteiger partial charge in [-0.05, 0) is 38.8 Å². The fourth-order valence-corrected chi connectivity index (χ4v) is 4.85. The van der Waals surface area contributed by atoms with Crippen LogP contribution >= 0.6 is 0 Å². The van der Waals surface area contributed by atoms with Gasteiger partial charge < -0.3 is 14.7 Å². The number of rotatable bonds is 4. The molecule has 2 aromatic rings. The van der Waals surface area contributed by atoms with Crippen molar-refractivity contribution >= 4 is 29.5 Å². The van der Waals surface area contributed by atoms with Crippen molar-refractivity contribution in [2.75, 3.05) is 49.1 Å². The summed E-state index contributed by atoms with van der Waals surface area (Å²) in [6.45, 7) is 7.87. The largest absolute Gasteiger partial charge is 0.353 e. The molecule has 0 radical (unpaired) electrons. The Morgan fingerprint density at radius 3 is 2.09 bits per heavy atom. The Balaban J connectivity index is 1.25. The Morgan fingerprint density at radius 1 is 0.879 bits per heavy atom. The highest BCUT2D eigenvalue weighted by molar-refractivity contribution is 6.22. The van der Waals surface area contributed by atoms with Crippen LogP contribution in [0.15, 0.2) is 30.3 Å². The number of benzene rings is 1. The monoisotopic (exact) mass is 448 g/mol. The fraction of sp³-hybridized carbons (Fsp3) is 0.458. The topological polar surface area (TPSA) is 89.9 Å². The third-order valence-electron chi connectivity index (χ3n) is 6.70. The number of anilines is 2. The van der Waals surface area contributed by atoms with Gasteiger partial charge >= 0.3 is 0 Å². The molecule has 0 aliphatic carbocycles. The molecule has 1 aromatic heterocycles. The van der Waals surface area contributed by atoms with E-state index in [1.807, 2.05) is 13.0 Å². The molecule has 1 aromatic carbocycles. The molecule has 3 aliphatic heterocycles. The van der Waals surface area contributed by atoms with Crippen LogP contribution in [0.1, 0.15) is 46.2 Å². The summed E-state index contributed by atoms with van der Waals surface area (Å²) in [5, 5.41) is 0. The standard InChI is InChI=1S/C24H28N6O3/c1-16-15-20(26-24(25-16)29-9-5-6-10-29)27-11-13-28(14-12-27)21(31)17(2)30-22(32)18-7-3-4-8-19(18)23(30)33/h3-4,7-8,15,17H,5-6,9-14H2,1-2H3. The molecule has 0 N–H and O–H groups in total. The number of aromatic nitrogens is 2. The van der Waals surface area contributed by atoms with Crippen molar-refractivity contribution < 1.29 is 14.4 Å². The molecule has 9 heteroatoms. The zero-order chi connectivity index (χ0) is 23.1. The highest BCUT2D eigenvalue weighted by Crippen LogP contribution is 2.26. The molecule has 0 bridgehead atoms. The molecule has 33 heavy (non-hydrogen) atoms. The van der Waals surface area contributed by atoms with Crippen molar-refractivity contribution in [2.24, 2.45) is 0 Å². The first-order valence-electron chi connectivity index (χ1n) is 11.6. The van der Waals surface area contributed by atoms with E-state index in [1.165, 1.54) is 12.8 Å². The molecule has 1 unspecified atom stereocenters. The molecular formula is C24H28N6O3. The van der Waals surface area contributed by atoms with E-state index in [9.17, 15) is 14.4 Å². The lowest BCUT2D eigenvalue weighted by Crippen LogP contribution is -2.55. The van der Waals surface area contributed by atoms with Crippen LogP contribution in [0.3, 0.4) is 0 Å². The van der Waals surface area contributed by atoms with Crippen molar-refractivity contribution in [1.29, 1.82) is 0 Å². The molecular weight excluding hydrogens is 420 g/mol. The van der Waals surface area contributed by atoms with Crippen LogP contribution in [-0.2, 0) is 4.79 Å². The van der Waals surface area contributed by atoms with E-state index in [0.717, 1.165) is 35.4 Å². The van der Waals surface area contributed by atoms with Gasteiger partial charge in [-0.1, -0.05) is 12.1 Å². The average Bonchev–Trinajstić information content (AvgIpc) is 3.46. The quantitative estimate of drug-likeness (QED) is 0.658. The molecule has 5 rings (SSSR count). The van der Waals surface area contributed by atoms with Crippen LogP contribution in [0.5, 0.6) is 0 Å². The summed E-state index contributed by atoms with van der Waals surface area (Å²) < 4.78 is 0. The van der Waals surface area contributed by atoms with Crippen molar-refractivity contribution in [2.45, 2.75) is 32.7 Å². The Labute approximate surface area is 193 Å². The van der Waals surface area contributed by atoms with Gasteiger partial charge in [0.1, 0.15) is 11.9 Å². The summed E-state index contributed by atoms with van der Waals surface area (Å²) in [5.74, 6) is 0.646. The molecule has 4 heterocycles. The molecule has 3 aliphatic rings. The SMILES string of the molecule is Cc1cc(N2CCN(C(=O)C(C)N3C(=O)c4ccccc4C3=O)CC2)nc(N2CCCC2)n1. The fourth-order valence-electron chi connectivity index (χ4n) is 4.85. The van der Waals surface area contributed by atoms with E-state index in [2.05, 4.69) is 14.8 Å². The van der Waals surface area contributed by atoms with Gasteiger partial charge in [0.2, 0.25) is 11.9 Å². The van der Waals surface area contributed by atoms with Gasteiger partial charge in [-0.15, -0.1) is 0 Å². The minimum atomic E-state index is -0.841. The summed E-state index contributed by atoms with van der Waals surface area (Å²) in [7, 11) is 0. The van der Waals surface area contributed by atoms with Gasteiger partial charge in [-0.3, -0.25) is 19.3 Å². The molecule has 1 atom stereocenters. The van der Waals surface area contributed by atoms with Gasteiger partial charge in [-0.25, -0.2) is 4.98 Å². The van der Waals surface area contributed by atoms with Gasteiger partial charge in [0.05, 0.1) is 11.1 Å². The predicted molar refractivity (Wildman–Crippen MR) is 123 cm³/mol. The second kappa shape index (κ2) is 8.46. The van der Waals surface area contributed by atoms with Crippen LogP contribution in [0, 0.1) is 6.92 Å². The van der Waals surface area contributed by atoms with E-state index < -0.39 is 17.9 Å². The van der Waals surface area contributed by atoms with E-state index >= 15 is 0 Å². The van der Waals surface area contributed by atoms with Crippen molar-refractivity contribution in [1.82, 2.24) is 19.8 Å². The van der Waals surface area contributed by atoms with Crippen molar-refractivity contribution in [3.63, 3.8) is 0 Å². The van der Waals surface area contributed by atoms with Crippen LogP contribution in [-0.4, -0.2) is 82.8 Å². The number of fused-ring (bicyclic) bond motifs is 1. The van der Waals surface area contributed by atoms with Crippen LogP contribution in [0.2, 0.25) is 0 Å². The minimum Gasteiger partial charge on any atom is -0.353 e. The van der Waals surface area contributed by atoms with E-state index in [0.29, 0.717) is 37.3 Å². The number of hydrogen-bond donors (Lipinski definition) is 0. The summed E-state index contributed by atoms with van der Waals surface area (Å²) >= 11 is 0. The zero-order valence-corrected chi connectivity index (χ0v) is 19.0. The Kier molecular flexibility index (Phi) is 5.47. The minimum absolute atomic E-state index is 0.208. The van der Waals surface area contributed by atoms with E-state index in [-0.39, 0.29) is 5.91 Å². The van der Waals surface area contributed by atoms with Crippen LogP contribution in [0.25, 0.3) is 0 Å². The zero-order valence-electron chi connectivity index (χ0n) is 19.0. The smallest absolute Gasteiger partial charge is 0.262 e.